The number of benzene rings is 1. The molecule has 0 aliphatic carbocycles. The summed E-state index contributed by atoms with van der Waals surface area (Å²) in [5.74, 6) is 2.90. The molecule has 0 bridgehead atoms. The number of hydrogen-bond acceptors (Lipinski definition) is 6. The molecular formula is C26H34FN7. The van der Waals surface area contributed by atoms with Crippen molar-refractivity contribution in [2.45, 2.75) is 52.0 Å². The first-order valence-electron chi connectivity index (χ1n) is 12.4. The minimum atomic E-state index is -0.176. The Bertz CT molecular complexity index is 1150. The van der Waals surface area contributed by atoms with Crippen LogP contribution >= 0.6 is 0 Å². The molecule has 8 heteroatoms. The molecule has 2 aromatic heterocycles. The molecule has 1 aromatic carbocycles. The fraction of sp³-hybridized carbons (Fsp3) is 0.500. The maximum Gasteiger partial charge on any atom is 0.137 e. The molecular weight excluding hydrogens is 429 g/mol. The quantitative estimate of drug-likeness (QED) is 0.570. The standard InChI is InChI=1S/C26H34FN7/c1-3-21-24(28)29-17-30-26(21)33-11-7-19(8-12-33)25-31-23(20-5-6-22(27)18(2)15-20)16-34(25)14-13-32-9-4-10-32/h5-6,15-17,19H,3-4,7-14H2,1-2H3,(H2,28,29,30). The molecule has 3 aromatic rings. The molecule has 2 N–H and O–H groups in total. The zero-order chi connectivity index (χ0) is 23.7. The van der Waals surface area contributed by atoms with Crippen molar-refractivity contribution in [2.75, 3.05) is 43.4 Å². The van der Waals surface area contributed by atoms with Crippen molar-refractivity contribution in [3.05, 3.63) is 53.5 Å². The molecule has 2 aliphatic rings. The molecule has 34 heavy (non-hydrogen) atoms. The van der Waals surface area contributed by atoms with E-state index in [2.05, 4.69) is 37.5 Å². The number of aromatic nitrogens is 4. The number of aryl methyl sites for hydroxylation is 1. The molecule has 0 unspecified atom stereocenters. The van der Waals surface area contributed by atoms with Gasteiger partial charge in [0.25, 0.3) is 0 Å². The number of nitrogens with two attached hydrogens (primary N) is 1. The number of nitrogens with zero attached hydrogens (tertiary/aromatic N) is 6. The maximum absolute atomic E-state index is 13.8. The monoisotopic (exact) mass is 463 g/mol. The fourth-order valence-corrected chi connectivity index (χ4v) is 5.11. The Morgan fingerprint density at radius 2 is 1.88 bits per heavy atom. The van der Waals surface area contributed by atoms with E-state index in [4.69, 9.17) is 10.7 Å². The van der Waals surface area contributed by atoms with E-state index in [0.29, 0.717) is 17.3 Å². The Labute approximate surface area is 200 Å². The van der Waals surface area contributed by atoms with Gasteiger partial charge < -0.3 is 20.1 Å². The lowest BCUT2D eigenvalue weighted by molar-refractivity contribution is 0.173. The van der Waals surface area contributed by atoms with Crippen molar-refractivity contribution in [3.63, 3.8) is 0 Å². The Morgan fingerprint density at radius 1 is 1.09 bits per heavy atom. The zero-order valence-corrected chi connectivity index (χ0v) is 20.2. The van der Waals surface area contributed by atoms with E-state index >= 15 is 0 Å². The van der Waals surface area contributed by atoms with E-state index in [9.17, 15) is 4.39 Å². The van der Waals surface area contributed by atoms with Crippen LogP contribution in [0, 0.1) is 12.7 Å². The molecule has 2 fully saturated rings. The van der Waals surface area contributed by atoms with Crippen LogP contribution in [0.15, 0.2) is 30.7 Å². The summed E-state index contributed by atoms with van der Waals surface area (Å²) < 4.78 is 16.2. The average Bonchev–Trinajstić information content (AvgIpc) is 3.24. The Hall–Kier alpha value is -3.00. The predicted octanol–water partition coefficient (Wildman–Crippen LogP) is 4.02. The third-order valence-electron chi connectivity index (χ3n) is 7.34. The van der Waals surface area contributed by atoms with Gasteiger partial charge in [-0.05, 0) is 69.5 Å². The second-order valence-electron chi connectivity index (χ2n) is 9.51. The summed E-state index contributed by atoms with van der Waals surface area (Å²) in [6, 6.07) is 5.28. The van der Waals surface area contributed by atoms with Gasteiger partial charge in [-0.15, -0.1) is 0 Å². The topological polar surface area (TPSA) is 76.1 Å². The molecule has 0 radical (unpaired) electrons. The summed E-state index contributed by atoms with van der Waals surface area (Å²) in [5, 5.41) is 0. The third kappa shape index (κ3) is 4.51. The van der Waals surface area contributed by atoms with Crippen LogP contribution in [-0.2, 0) is 13.0 Å². The summed E-state index contributed by atoms with van der Waals surface area (Å²) >= 11 is 0. The van der Waals surface area contributed by atoms with Crippen LogP contribution in [0.4, 0.5) is 16.0 Å². The first kappa shape index (κ1) is 22.8. The Morgan fingerprint density at radius 3 is 2.56 bits per heavy atom. The molecule has 0 atom stereocenters. The Kier molecular flexibility index (Phi) is 6.50. The minimum absolute atomic E-state index is 0.176. The van der Waals surface area contributed by atoms with E-state index in [1.54, 1.807) is 19.3 Å². The van der Waals surface area contributed by atoms with Gasteiger partial charge in [0.1, 0.15) is 29.6 Å². The smallest absolute Gasteiger partial charge is 0.137 e. The first-order chi connectivity index (χ1) is 16.5. The molecule has 4 heterocycles. The van der Waals surface area contributed by atoms with E-state index in [1.807, 2.05) is 12.1 Å². The number of piperidine rings is 1. The largest absolute Gasteiger partial charge is 0.383 e. The Balaban J connectivity index is 1.37. The second kappa shape index (κ2) is 9.70. The lowest BCUT2D eigenvalue weighted by atomic mass is 9.95. The average molecular weight is 464 g/mol. The third-order valence-corrected chi connectivity index (χ3v) is 7.34. The fourth-order valence-electron chi connectivity index (χ4n) is 5.11. The highest BCUT2D eigenvalue weighted by atomic mass is 19.1. The molecule has 2 saturated heterocycles. The molecule has 2 aliphatic heterocycles. The molecule has 7 nitrogen and oxygen atoms in total. The molecule has 0 saturated carbocycles. The summed E-state index contributed by atoms with van der Waals surface area (Å²) in [6.45, 7) is 10.1. The highest BCUT2D eigenvalue weighted by molar-refractivity contribution is 5.60. The van der Waals surface area contributed by atoms with E-state index < -0.39 is 0 Å². The summed E-state index contributed by atoms with van der Waals surface area (Å²) in [5.41, 5.74) is 9.70. The number of likely N-dealkylation sites (tertiary alicyclic amines) is 1. The highest BCUT2D eigenvalue weighted by Crippen LogP contribution is 2.33. The van der Waals surface area contributed by atoms with Gasteiger partial charge in [0, 0.05) is 49.4 Å². The minimum Gasteiger partial charge on any atom is -0.383 e. The van der Waals surface area contributed by atoms with Crippen LogP contribution < -0.4 is 10.6 Å². The van der Waals surface area contributed by atoms with Gasteiger partial charge >= 0.3 is 0 Å². The van der Waals surface area contributed by atoms with E-state index in [-0.39, 0.29) is 5.82 Å². The maximum atomic E-state index is 13.8. The van der Waals surface area contributed by atoms with Crippen LogP contribution in [0.1, 0.15) is 49.1 Å². The SMILES string of the molecule is CCc1c(N)ncnc1N1CCC(c2nc(-c3ccc(F)c(C)c3)cn2CCN2CCC2)CC1. The lowest BCUT2D eigenvalue weighted by Crippen LogP contribution is -2.39. The van der Waals surface area contributed by atoms with Crippen molar-refractivity contribution < 1.29 is 4.39 Å². The number of imidazole rings is 1. The zero-order valence-electron chi connectivity index (χ0n) is 20.2. The van der Waals surface area contributed by atoms with E-state index in [0.717, 1.165) is 73.9 Å². The molecule has 0 amide bonds. The van der Waals surface area contributed by atoms with Crippen LogP contribution in [-0.4, -0.2) is 57.1 Å². The summed E-state index contributed by atoms with van der Waals surface area (Å²) in [4.78, 5) is 18.6. The van der Waals surface area contributed by atoms with Crippen molar-refractivity contribution in [2.24, 2.45) is 0 Å². The number of anilines is 2. The number of halogens is 1. The van der Waals surface area contributed by atoms with Crippen LogP contribution in [0.2, 0.25) is 0 Å². The first-order valence-corrected chi connectivity index (χ1v) is 12.4. The molecule has 5 rings (SSSR count). The van der Waals surface area contributed by atoms with E-state index in [1.165, 1.54) is 19.5 Å². The van der Waals surface area contributed by atoms with Gasteiger partial charge in [-0.3, -0.25) is 0 Å². The number of rotatable bonds is 7. The number of nitrogen functional groups attached to an aromatic ring is 1. The van der Waals surface area contributed by atoms with Crippen molar-refractivity contribution in [3.8, 4) is 11.3 Å². The van der Waals surface area contributed by atoms with Gasteiger partial charge in [0.2, 0.25) is 0 Å². The van der Waals surface area contributed by atoms with Crippen LogP contribution in [0.25, 0.3) is 11.3 Å². The highest BCUT2D eigenvalue weighted by Gasteiger charge is 2.27. The van der Waals surface area contributed by atoms with Gasteiger partial charge in [-0.1, -0.05) is 6.92 Å². The normalized spacial score (nSPS) is 17.2. The van der Waals surface area contributed by atoms with Gasteiger partial charge in [0.05, 0.1) is 5.69 Å². The molecule has 0 spiro atoms. The summed E-state index contributed by atoms with van der Waals surface area (Å²) in [7, 11) is 0. The van der Waals surface area contributed by atoms with Gasteiger partial charge in [-0.2, -0.15) is 0 Å². The molecule has 180 valence electrons. The van der Waals surface area contributed by atoms with Crippen LogP contribution in [0.5, 0.6) is 0 Å². The predicted molar refractivity (Wildman–Crippen MR) is 133 cm³/mol. The van der Waals surface area contributed by atoms with Crippen molar-refractivity contribution in [1.82, 2.24) is 24.4 Å². The van der Waals surface area contributed by atoms with Gasteiger partial charge in [-0.25, -0.2) is 19.3 Å². The van der Waals surface area contributed by atoms with Crippen molar-refractivity contribution in [1.29, 1.82) is 0 Å². The van der Waals surface area contributed by atoms with Crippen molar-refractivity contribution >= 4 is 11.6 Å². The number of hydrogen-bond donors (Lipinski definition) is 1. The second-order valence-corrected chi connectivity index (χ2v) is 9.51. The lowest BCUT2D eigenvalue weighted by Gasteiger charge is -2.34. The van der Waals surface area contributed by atoms with Crippen LogP contribution in [0.3, 0.4) is 0 Å². The van der Waals surface area contributed by atoms with Gasteiger partial charge in [0.15, 0.2) is 0 Å². The summed E-state index contributed by atoms with van der Waals surface area (Å²) in [6.07, 6.45) is 7.86.